The van der Waals surface area contributed by atoms with Gasteiger partial charge in [0.15, 0.2) is 5.58 Å². The fourth-order valence-corrected chi connectivity index (χ4v) is 4.93. The van der Waals surface area contributed by atoms with E-state index >= 15 is 0 Å². The van der Waals surface area contributed by atoms with Crippen molar-refractivity contribution in [1.82, 2.24) is 24.9 Å². The molecule has 0 saturated heterocycles. The predicted octanol–water partition coefficient (Wildman–Crippen LogP) is 3.02. The highest BCUT2D eigenvalue weighted by Gasteiger charge is 2.43. The van der Waals surface area contributed by atoms with E-state index in [1.165, 1.54) is 5.57 Å². The summed E-state index contributed by atoms with van der Waals surface area (Å²) in [7, 11) is 0. The number of carbonyl (C=O) groups is 1. The molecule has 5 rings (SSSR count). The Morgan fingerprint density at radius 2 is 2.38 bits per heavy atom. The third-order valence-corrected chi connectivity index (χ3v) is 6.78. The SMILES string of the molecule is O=C(NCCCn1ccnc1)[C@@H]1C[C@H]1CN1CC=C(c2noc3ccsc23)CC1. The number of nitrogens with zero attached hydrogens (tertiary/aromatic N) is 4. The van der Waals surface area contributed by atoms with E-state index in [4.69, 9.17) is 4.52 Å². The lowest BCUT2D eigenvalue weighted by molar-refractivity contribution is -0.122. The number of hydrogen-bond donors (Lipinski definition) is 1. The van der Waals surface area contributed by atoms with E-state index in [0.717, 1.165) is 68.0 Å². The standard InChI is InChI=1S/C21H25N5O2S/c27-21(23-5-1-7-26-10-6-22-14-26)17-12-16(17)13-25-8-2-15(3-9-25)19-20-18(28-24-19)4-11-29-20/h2,4,6,10-11,14,16-17H,1,3,5,7-9,12-13H2,(H,23,27)/t16-,17+/m0/s1. The molecule has 4 heterocycles. The van der Waals surface area contributed by atoms with E-state index in [1.54, 1.807) is 17.5 Å². The highest BCUT2D eigenvalue weighted by Crippen LogP contribution is 2.40. The van der Waals surface area contributed by atoms with Gasteiger partial charge < -0.3 is 14.4 Å². The summed E-state index contributed by atoms with van der Waals surface area (Å²) in [4.78, 5) is 18.8. The first kappa shape index (κ1) is 18.6. The van der Waals surface area contributed by atoms with Crippen LogP contribution in [0.2, 0.25) is 0 Å². The maximum absolute atomic E-state index is 12.3. The summed E-state index contributed by atoms with van der Waals surface area (Å²) in [6, 6.07) is 1.97. The Morgan fingerprint density at radius 3 is 3.21 bits per heavy atom. The van der Waals surface area contributed by atoms with Crippen molar-refractivity contribution in [3.05, 3.63) is 41.9 Å². The molecule has 3 aromatic rings. The summed E-state index contributed by atoms with van der Waals surface area (Å²) in [5.41, 5.74) is 3.17. The number of aromatic nitrogens is 3. The van der Waals surface area contributed by atoms with Crippen LogP contribution in [0.4, 0.5) is 0 Å². The molecule has 29 heavy (non-hydrogen) atoms. The van der Waals surface area contributed by atoms with E-state index in [1.807, 2.05) is 28.5 Å². The minimum absolute atomic E-state index is 0.190. The van der Waals surface area contributed by atoms with Gasteiger partial charge in [-0.3, -0.25) is 9.69 Å². The third kappa shape index (κ3) is 4.13. The molecule has 1 aliphatic carbocycles. The lowest BCUT2D eigenvalue weighted by Gasteiger charge is -2.25. The molecular formula is C21H25N5O2S. The van der Waals surface area contributed by atoms with Crippen LogP contribution in [0.3, 0.4) is 0 Å². The average Bonchev–Trinajstić information content (AvgIpc) is 3.13. The number of rotatable bonds is 8. The number of fused-ring (bicyclic) bond motifs is 1. The molecule has 1 aliphatic heterocycles. The maximum Gasteiger partial charge on any atom is 0.223 e. The van der Waals surface area contributed by atoms with Crippen molar-refractivity contribution in [2.75, 3.05) is 26.2 Å². The zero-order valence-electron chi connectivity index (χ0n) is 16.3. The predicted molar refractivity (Wildman–Crippen MR) is 112 cm³/mol. The monoisotopic (exact) mass is 411 g/mol. The van der Waals surface area contributed by atoms with E-state index in [0.29, 0.717) is 5.92 Å². The molecule has 2 aliphatic rings. The Balaban J connectivity index is 1.05. The number of hydrogen-bond acceptors (Lipinski definition) is 6. The van der Waals surface area contributed by atoms with Crippen molar-refractivity contribution in [2.45, 2.75) is 25.8 Å². The van der Waals surface area contributed by atoms with Gasteiger partial charge in [0.05, 0.1) is 6.33 Å². The van der Waals surface area contributed by atoms with Gasteiger partial charge >= 0.3 is 0 Å². The molecule has 2 atom stereocenters. The Hall–Kier alpha value is -2.45. The molecule has 1 saturated carbocycles. The van der Waals surface area contributed by atoms with Crippen LogP contribution in [0.5, 0.6) is 0 Å². The van der Waals surface area contributed by atoms with E-state index < -0.39 is 0 Å². The summed E-state index contributed by atoms with van der Waals surface area (Å²) < 4.78 is 8.59. The molecule has 0 radical (unpaired) electrons. The number of amides is 1. The molecule has 0 aromatic carbocycles. The van der Waals surface area contributed by atoms with Crippen molar-refractivity contribution in [3.63, 3.8) is 0 Å². The third-order valence-electron chi connectivity index (χ3n) is 5.88. The van der Waals surface area contributed by atoms with Crippen LogP contribution in [-0.2, 0) is 11.3 Å². The van der Waals surface area contributed by atoms with E-state index in [9.17, 15) is 4.79 Å². The quantitative estimate of drug-likeness (QED) is 0.577. The molecule has 1 amide bonds. The molecule has 152 valence electrons. The average molecular weight is 412 g/mol. The van der Waals surface area contributed by atoms with Gasteiger partial charge in [0.25, 0.3) is 0 Å². The van der Waals surface area contributed by atoms with Gasteiger partial charge in [-0.1, -0.05) is 11.2 Å². The lowest BCUT2D eigenvalue weighted by atomic mass is 10.0. The molecule has 7 nitrogen and oxygen atoms in total. The Labute approximate surface area is 173 Å². The number of aryl methyl sites for hydroxylation is 1. The van der Waals surface area contributed by atoms with Gasteiger partial charge in [-0.15, -0.1) is 11.3 Å². The van der Waals surface area contributed by atoms with Crippen LogP contribution in [0.15, 0.2) is 40.8 Å². The smallest absolute Gasteiger partial charge is 0.223 e. The van der Waals surface area contributed by atoms with E-state index in [2.05, 4.69) is 26.4 Å². The largest absolute Gasteiger partial charge is 0.356 e. The van der Waals surface area contributed by atoms with Crippen LogP contribution < -0.4 is 5.32 Å². The molecule has 0 unspecified atom stereocenters. The molecule has 3 aromatic heterocycles. The highest BCUT2D eigenvalue weighted by atomic mass is 32.1. The summed E-state index contributed by atoms with van der Waals surface area (Å²) in [6.07, 6.45) is 10.7. The van der Waals surface area contributed by atoms with Crippen LogP contribution in [-0.4, -0.2) is 51.7 Å². The van der Waals surface area contributed by atoms with Crippen LogP contribution >= 0.6 is 11.3 Å². The fourth-order valence-electron chi connectivity index (χ4n) is 4.10. The molecule has 8 heteroatoms. The van der Waals surface area contributed by atoms with Gasteiger partial charge in [0.2, 0.25) is 5.91 Å². The van der Waals surface area contributed by atoms with Crippen LogP contribution in [0, 0.1) is 11.8 Å². The van der Waals surface area contributed by atoms with Gasteiger partial charge in [0, 0.05) is 51.0 Å². The fraction of sp³-hybridized carbons (Fsp3) is 0.476. The first-order valence-electron chi connectivity index (χ1n) is 10.3. The lowest BCUT2D eigenvalue weighted by Crippen LogP contribution is -2.32. The zero-order chi connectivity index (χ0) is 19.6. The number of carbonyl (C=O) groups excluding carboxylic acids is 1. The summed E-state index contributed by atoms with van der Waals surface area (Å²) in [5.74, 6) is 0.904. The summed E-state index contributed by atoms with van der Waals surface area (Å²) >= 11 is 1.69. The Morgan fingerprint density at radius 1 is 1.41 bits per heavy atom. The first-order chi connectivity index (χ1) is 14.3. The highest BCUT2D eigenvalue weighted by molar-refractivity contribution is 7.17. The van der Waals surface area contributed by atoms with Crippen molar-refractivity contribution in [2.24, 2.45) is 11.8 Å². The molecule has 0 bridgehead atoms. The van der Waals surface area contributed by atoms with Crippen molar-refractivity contribution in [3.8, 4) is 0 Å². The molecular weight excluding hydrogens is 386 g/mol. The van der Waals surface area contributed by atoms with Gasteiger partial charge in [-0.2, -0.15) is 0 Å². The Bertz CT molecular complexity index is 1010. The minimum Gasteiger partial charge on any atom is -0.356 e. The first-order valence-corrected chi connectivity index (χ1v) is 11.1. The molecule has 0 spiro atoms. The second kappa shape index (κ2) is 8.12. The topological polar surface area (TPSA) is 76.2 Å². The molecule has 1 fully saturated rings. The van der Waals surface area contributed by atoms with Crippen molar-refractivity contribution in [1.29, 1.82) is 0 Å². The van der Waals surface area contributed by atoms with Crippen molar-refractivity contribution < 1.29 is 9.32 Å². The van der Waals surface area contributed by atoms with Crippen LogP contribution in [0.25, 0.3) is 15.9 Å². The maximum atomic E-state index is 12.3. The number of imidazole rings is 1. The summed E-state index contributed by atoms with van der Waals surface area (Å²) in [5, 5.41) is 9.40. The Kier molecular flexibility index (Phi) is 5.20. The normalized spacial score (nSPS) is 22.0. The zero-order valence-corrected chi connectivity index (χ0v) is 17.1. The van der Waals surface area contributed by atoms with Crippen LogP contribution in [0.1, 0.15) is 25.0 Å². The van der Waals surface area contributed by atoms with Gasteiger partial charge in [0.1, 0.15) is 10.4 Å². The number of nitrogens with one attached hydrogen (secondary N) is 1. The summed E-state index contributed by atoms with van der Waals surface area (Å²) in [6.45, 7) is 4.56. The van der Waals surface area contributed by atoms with E-state index in [-0.39, 0.29) is 11.8 Å². The van der Waals surface area contributed by atoms with Gasteiger partial charge in [-0.25, -0.2) is 4.98 Å². The minimum atomic E-state index is 0.190. The number of thiophene rings is 1. The second-order valence-electron chi connectivity index (χ2n) is 7.93. The molecule has 1 N–H and O–H groups in total. The second-order valence-corrected chi connectivity index (χ2v) is 8.85. The van der Waals surface area contributed by atoms with Crippen molar-refractivity contribution >= 4 is 33.1 Å². The van der Waals surface area contributed by atoms with Gasteiger partial charge in [-0.05, 0) is 42.2 Å².